The molecule has 0 spiro atoms. The van der Waals surface area contributed by atoms with Crippen LogP contribution in [0.3, 0.4) is 0 Å². The molecular weight excluding hydrogens is 323 g/mol. The number of hydrogen-bond acceptors (Lipinski definition) is 6. The Morgan fingerprint density at radius 1 is 1.08 bits per heavy atom. The smallest absolute Gasteiger partial charge is 0.351 e. The van der Waals surface area contributed by atoms with Gasteiger partial charge in [-0.3, -0.25) is 0 Å². The van der Waals surface area contributed by atoms with E-state index in [0.717, 1.165) is 38.3 Å². The fraction of sp³-hybridized carbons (Fsp3) is 0.429. The van der Waals surface area contributed by atoms with E-state index in [4.69, 9.17) is 0 Å². The molecule has 126 valence electrons. The maximum atomic E-state index is 13.0. The van der Waals surface area contributed by atoms with Crippen molar-refractivity contribution in [3.05, 3.63) is 23.8 Å². The van der Waals surface area contributed by atoms with E-state index in [-0.39, 0.29) is 5.52 Å². The minimum atomic E-state index is -4.43. The van der Waals surface area contributed by atoms with E-state index in [2.05, 4.69) is 30.3 Å². The van der Waals surface area contributed by atoms with E-state index >= 15 is 0 Å². The molecule has 0 saturated carbocycles. The molecule has 1 aromatic carbocycles. The number of piperazine rings is 1. The second-order valence-electron chi connectivity index (χ2n) is 5.84. The number of rotatable bonds is 1. The van der Waals surface area contributed by atoms with Gasteiger partial charge in [-0.05, 0) is 35.7 Å². The molecule has 0 aliphatic carbocycles. The lowest BCUT2D eigenvalue weighted by Crippen LogP contribution is -2.45. The van der Waals surface area contributed by atoms with E-state index < -0.39 is 11.7 Å². The van der Waals surface area contributed by atoms with Crippen molar-refractivity contribution in [2.24, 2.45) is 0 Å². The van der Waals surface area contributed by atoms with Crippen LogP contribution in [-0.4, -0.2) is 63.2 Å². The molecule has 0 atom stereocenters. The molecule has 0 N–H and O–H groups in total. The third kappa shape index (κ3) is 2.42. The number of halogens is 3. The largest absolute Gasteiger partial charge is 0.416 e. The Balaban J connectivity index is 1.88. The van der Waals surface area contributed by atoms with Gasteiger partial charge in [0.1, 0.15) is 0 Å². The van der Waals surface area contributed by atoms with Crippen LogP contribution < -0.4 is 4.90 Å². The lowest BCUT2D eigenvalue weighted by Gasteiger charge is -2.33. The maximum absolute atomic E-state index is 13.0. The summed E-state index contributed by atoms with van der Waals surface area (Å²) in [4.78, 5) is 8.78. The van der Waals surface area contributed by atoms with Crippen LogP contribution in [0.4, 0.5) is 19.0 Å². The van der Waals surface area contributed by atoms with E-state index in [1.54, 1.807) is 0 Å². The SMILES string of the molecule is CN1CCN(c2nc3ccc(C(F)(F)F)cc3n3nnnc23)CC1. The highest BCUT2D eigenvalue weighted by atomic mass is 19.4. The summed E-state index contributed by atoms with van der Waals surface area (Å²) >= 11 is 0. The molecule has 3 heterocycles. The standard InChI is InChI=1S/C14H14F3N7/c1-22-4-6-23(7-5-22)12-13-19-20-21-24(13)11-8-9(14(15,16)17)2-3-10(11)18-12/h2-3,8H,4-7H2,1H3. The molecule has 7 nitrogen and oxygen atoms in total. The lowest BCUT2D eigenvalue weighted by molar-refractivity contribution is -0.137. The van der Waals surface area contributed by atoms with Crippen LogP contribution >= 0.6 is 0 Å². The summed E-state index contributed by atoms with van der Waals surface area (Å²) in [5.74, 6) is 0.598. The van der Waals surface area contributed by atoms with Gasteiger partial charge in [0.15, 0.2) is 5.82 Å². The van der Waals surface area contributed by atoms with E-state index in [9.17, 15) is 13.2 Å². The van der Waals surface area contributed by atoms with Gasteiger partial charge in [0.2, 0.25) is 5.65 Å². The van der Waals surface area contributed by atoms with E-state index in [0.29, 0.717) is 17.0 Å². The first-order valence-corrected chi connectivity index (χ1v) is 7.46. The van der Waals surface area contributed by atoms with Crippen molar-refractivity contribution in [2.45, 2.75) is 6.18 Å². The highest BCUT2D eigenvalue weighted by molar-refractivity contribution is 5.83. The Hall–Kier alpha value is -2.49. The molecule has 1 aliphatic rings. The first kappa shape index (κ1) is 15.1. The number of hydrogen-bond donors (Lipinski definition) is 0. The van der Waals surface area contributed by atoms with E-state index in [1.165, 1.54) is 10.6 Å². The van der Waals surface area contributed by atoms with Crippen molar-refractivity contribution in [2.75, 3.05) is 38.1 Å². The third-order valence-electron chi connectivity index (χ3n) is 4.23. The summed E-state index contributed by atoms with van der Waals surface area (Å²) in [6.45, 7) is 3.28. The first-order chi connectivity index (χ1) is 11.4. The van der Waals surface area contributed by atoms with Gasteiger partial charge in [-0.25, -0.2) is 4.98 Å². The minimum Gasteiger partial charge on any atom is -0.351 e. The molecule has 24 heavy (non-hydrogen) atoms. The Bertz CT molecular complexity index is 896. The van der Waals surface area contributed by atoms with Gasteiger partial charge < -0.3 is 9.80 Å². The zero-order valence-corrected chi connectivity index (χ0v) is 12.8. The van der Waals surface area contributed by atoms with Crippen LogP contribution in [-0.2, 0) is 6.18 Å². The van der Waals surface area contributed by atoms with Crippen LogP contribution in [0.1, 0.15) is 5.56 Å². The van der Waals surface area contributed by atoms with Crippen molar-refractivity contribution < 1.29 is 13.2 Å². The van der Waals surface area contributed by atoms with Gasteiger partial charge in [-0.15, -0.1) is 5.10 Å². The number of alkyl halides is 3. The second kappa shape index (κ2) is 5.26. The average molecular weight is 337 g/mol. The molecule has 1 saturated heterocycles. The molecule has 1 aliphatic heterocycles. The molecule has 0 unspecified atom stereocenters. The number of likely N-dealkylation sites (N-methyl/N-ethyl adjacent to an activating group) is 1. The maximum Gasteiger partial charge on any atom is 0.416 e. The summed E-state index contributed by atoms with van der Waals surface area (Å²) in [6.07, 6.45) is -4.43. The number of nitrogens with zero attached hydrogens (tertiary/aromatic N) is 7. The number of tetrazole rings is 1. The molecule has 3 aromatic rings. The van der Waals surface area contributed by atoms with Gasteiger partial charge >= 0.3 is 6.18 Å². The van der Waals surface area contributed by atoms with Gasteiger partial charge in [-0.1, -0.05) is 0 Å². The molecule has 0 bridgehead atoms. The number of benzene rings is 1. The summed E-state index contributed by atoms with van der Waals surface area (Å²) < 4.78 is 40.2. The monoisotopic (exact) mass is 337 g/mol. The Morgan fingerprint density at radius 2 is 1.83 bits per heavy atom. The first-order valence-electron chi connectivity index (χ1n) is 7.46. The Kier molecular flexibility index (Phi) is 3.30. The third-order valence-corrected chi connectivity index (χ3v) is 4.23. The summed E-state index contributed by atoms with van der Waals surface area (Å²) in [7, 11) is 2.04. The fourth-order valence-electron chi connectivity index (χ4n) is 2.85. The lowest BCUT2D eigenvalue weighted by atomic mass is 10.2. The molecule has 4 rings (SSSR count). The highest BCUT2D eigenvalue weighted by Crippen LogP contribution is 2.32. The second-order valence-corrected chi connectivity index (χ2v) is 5.84. The molecule has 0 radical (unpaired) electrons. The van der Waals surface area contributed by atoms with Crippen LogP contribution in [0, 0.1) is 0 Å². The number of fused-ring (bicyclic) bond motifs is 3. The summed E-state index contributed by atoms with van der Waals surface area (Å²) in [5, 5.41) is 11.4. The van der Waals surface area contributed by atoms with Crippen LogP contribution in [0.15, 0.2) is 18.2 Å². The highest BCUT2D eigenvalue weighted by Gasteiger charge is 2.31. The van der Waals surface area contributed by atoms with Gasteiger partial charge in [0, 0.05) is 26.2 Å². The molecule has 0 amide bonds. The quantitative estimate of drug-likeness (QED) is 0.670. The van der Waals surface area contributed by atoms with Crippen molar-refractivity contribution in [3.8, 4) is 0 Å². The van der Waals surface area contributed by atoms with Crippen molar-refractivity contribution in [3.63, 3.8) is 0 Å². The van der Waals surface area contributed by atoms with E-state index in [1.807, 2.05) is 7.05 Å². The Labute approximate surface area is 134 Å². The molecular formula is C14H14F3N7. The zero-order valence-electron chi connectivity index (χ0n) is 12.8. The molecule has 2 aromatic heterocycles. The van der Waals surface area contributed by atoms with Crippen molar-refractivity contribution in [1.29, 1.82) is 0 Å². The predicted molar refractivity (Wildman–Crippen MR) is 80.8 cm³/mol. The van der Waals surface area contributed by atoms with Crippen LogP contribution in [0.5, 0.6) is 0 Å². The molecule has 1 fully saturated rings. The molecule has 10 heteroatoms. The van der Waals surface area contributed by atoms with Crippen LogP contribution in [0.25, 0.3) is 16.7 Å². The zero-order chi connectivity index (χ0) is 16.9. The normalized spacial score (nSPS) is 17.1. The predicted octanol–water partition coefficient (Wildman–Crippen LogP) is 1.44. The van der Waals surface area contributed by atoms with Gasteiger partial charge in [0.25, 0.3) is 0 Å². The van der Waals surface area contributed by atoms with Gasteiger partial charge in [0.05, 0.1) is 16.6 Å². The van der Waals surface area contributed by atoms with Gasteiger partial charge in [-0.2, -0.15) is 17.7 Å². The minimum absolute atomic E-state index is 0.239. The average Bonchev–Trinajstić information content (AvgIpc) is 3.03. The summed E-state index contributed by atoms with van der Waals surface area (Å²) in [5.41, 5.74) is 0.284. The summed E-state index contributed by atoms with van der Waals surface area (Å²) in [6, 6.07) is 3.41. The number of aromatic nitrogens is 5. The number of anilines is 1. The Morgan fingerprint density at radius 3 is 2.54 bits per heavy atom. The van der Waals surface area contributed by atoms with Crippen LogP contribution in [0.2, 0.25) is 0 Å². The topological polar surface area (TPSA) is 62.5 Å². The van der Waals surface area contributed by atoms with Crippen molar-refractivity contribution >= 4 is 22.5 Å². The van der Waals surface area contributed by atoms with Crippen molar-refractivity contribution in [1.82, 2.24) is 29.9 Å². The fourth-order valence-corrected chi connectivity index (χ4v) is 2.85.